The second kappa shape index (κ2) is 12.3. The van der Waals surface area contributed by atoms with Crippen molar-refractivity contribution >= 4 is 56.4 Å². The van der Waals surface area contributed by atoms with Gasteiger partial charge in [-0.25, -0.2) is 0 Å². The molecule has 0 aromatic heterocycles. The van der Waals surface area contributed by atoms with Crippen molar-refractivity contribution in [3.8, 4) is 5.75 Å². The molecule has 0 saturated carbocycles. The van der Waals surface area contributed by atoms with Crippen LogP contribution in [0.2, 0.25) is 0 Å². The largest absolute Gasteiger partial charge is 0.493 e. The van der Waals surface area contributed by atoms with Gasteiger partial charge in [0.15, 0.2) is 5.11 Å². The Balaban J connectivity index is 1.59. The number of benzene rings is 3. The summed E-state index contributed by atoms with van der Waals surface area (Å²) in [5.74, 6) is -0.0364. The maximum Gasteiger partial charge on any atom is 0.261 e. The van der Waals surface area contributed by atoms with Gasteiger partial charge in [0.25, 0.3) is 11.8 Å². The highest BCUT2D eigenvalue weighted by Crippen LogP contribution is 2.24. The molecule has 0 atom stereocenters. The lowest BCUT2D eigenvalue weighted by atomic mass is 10.1. The summed E-state index contributed by atoms with van der Waals surface area (Å²) in [6.45, 7) is 4.51. The van der Waals surface area contributed by atoms with E-state index in [1.165, 1.54) is 0 Å². The molecule has 0 fully saturated rings. The normalized spacial score (nSPS) is 10.3. The fraction of sp³-hybridized carbons (Fsp3) is 0.192. The van der Waals surface area contributed by atoms with E-state index in [0.717, 1.165) is 22.9 Å². The molecule has 0 radical (unpaired) electrons. The number of ether oxygens (including phenoxy) is 1. The zero-order valence-electron chi connectivity index (χ0n) is 19.0. The number of rotatable bonds is 8. The standard InChI is InChI=1S/C26H26BrN3O3S/c1-3-4-15-33-23-14-9-18(27)16-22(23)25(32)30-26(34)29-20-12-10-19(11-13-20)28-24(31)21-8-6-5-7-17(21)2/h5-14,16H,3-4,15H2,1-2H3,(H,28,31)(H2,29,30,32,34). The van der Waals surface area contributed by atoms with Gasteiger partial charge in [0, 0.05) is 21.4 Å². The third-order valence-electron chi connectivity index (χ3n) is 4.96. The molecular weight excluding hydrogens is 514 g/mol. The van der Waals surface area contributed by atoms with Crippen molar-refractivity contribution in [2.24, 2.45) is 0 Å². The first-order valence-electron chi connectivity index (χ1n) is 10.9. The van der Waals surface area contributed by atoms with Gasteiger partial charge in [0.05, 0.1) is 12.2 Å². The monoisotopic (exact) mass is 539 g/mol. The Morgan fingerprint density at radius 1 is 0.912 bits per heavy atom. The molecule has 3 aromatic rings. The van der Waals surface area contributed by atoms with Crippen LogP contribution in [0.1, 0.15) is 46.0 Å². The van der Waals surface area contributed by atoms with Crippen LogP contribution in [0.15, 0.2) is 71.2 Å². The quantitative estimate of drug-likeness (QED) is 0.230. The molecule has 3 rings (SSSR count). The van der Waals surface area contributed by atoms with E-state index in [4.69, 9.17) is 17.0 Å². The molecule has 0 aliphatic rings. The molecule has 0 saturated heterocycles. The first-order chi connectivity index (χ1) is 16.4. The molecule has 3 N–H and O–H groups in total. The highest BCUT2D eigenvalue weighted by molar-refractivity contribution is 9.10. The Kier molecular flexibility index (Phi) is 9.18. The van der Waals surface area contributed by atoms with Crippen LogP contribution in [0, 0.1) is 6.92 Å². The van der Waals surface area contributed by atoms with E-state index in [9.17, 15) is 9.59 Å². The molecule has 0 bridgehead atoms. The van der Waals surface area contributed by atoms with E-state index in [-0.39, 0.29) is 16.9 Å². The maximum atomic E-state index is 12.8. The van der Waals surface area contributed by atoms with Crippen LogP contribution >= 0.6 is 28.1 Å². The molecule has 34 heavy (non-hydrogen) atoms. The molecule has 0 aliphatic heterocycles. The van der Waals surface area contributed by atoms with Gasteiger partial charge in [0.1, 0.15) is 5.75 Å². The van der Waals surface area contributed by atoms with E-state index >= 15 is 0 Å². The van der Waals surface area contributed by atoms with E-state index in [1.807, 2.05) is 31.2 Å². The molecule has 0 spiro atoms. The number of anilines is 2. The Morgan fingerprint density at radius 2 is 1.59 bits per heavy atom. The van der Waals surface area contributed by atoms with Crippen LogP contribution in [0.5, 0.6) is 5.75 Å². The second-order valence-electron chi connectivity index (χ2n) is 7.60. The lowest BCUT2D eigenvalue weighted by Gasteiger charge is -2.14. The smallest absolute Gasteiger partial charge is 0.261 e. The Bertz CT molecular complexity index is 1180. The van der Waals surface area contributed by atoms with Gasteiger partial charge < -0.3 is 15.4 Å². The predicted molar refractivity (Wildman–Crippen MR) is 144 cm³/mol. The van der Waals surface area contributed by atoms with Crippen molar-refractivity contribution in [3.05, 3.63) is 87.9 Å². The van der Waals surface area contributed by atoms with Crippen LogP contribution in [-0.4, -0.2) is 23.5 Å². The minimum atomic E-state index is -0.368. The maximum absolute atomic E-state index is 12.8. The number of aryl methyl sites for hydroxylation is 1. The molecule has 6 nitrogen and oxygen atoms in total. The molecule has 2 amide bonds. The summed E-state index contributed by atoms with van der Waals surface area (Å²) in [5, 5.41) is 8.70. The van der Waals surface area contributed by atoms with Gasteiger partial charge in [-0.3, -0.25) is 14.9 Å². The number of carbonyl (C=O) groups is 2. The number of halogens is 1. The zero-order valence-corrected chi connectivity index (χ0v) is 21.4. The van der Waals surface area contributed by atoms with Gasteiger partial charge in [-0.1, -0.05) is 47.5 Å². The molecule has 0 unspecified atom stereocenters. The summed E-state index contributed by atoms with van der Waals surface area (Å²) < 4.78 is 6.52. The predicted octanol–water partition coefficient (Wildman–Crippen LogP) is 6.32. The summed E-state index contributed by atoms with van der Waals surface area (Å²) in [5.41, 5.74) is 3.25. The average Bonchev–Trinajstić information content (AvgIpc) is 2.81. The number of amides is 2. The summed E-state index contributed by atoms with van der Waals surface area (Å²) in [6, 6.07) is 19.7. The minimum absolute atomic E-state index is 0.154. The SMILES string of the molecule is CCCCOc1ccc(Br)cc1C(=O)NC(=S)Nc1ccc(NC(=O)c2ccccc2C)cc1. The summed E-state index contributed by atoms with van der Waals surface area (Å²) >= 11 is 8.71. The molecule has 0 heterocycles. The number of unbranched alkanes of at least 4 members (excludes halogenated alkanes) is 1. The number of hydrogen-bond acceptors (Lipinski definition) is 4. The van der Waals surface area contributed by atoms with Crippen LogP contribution < -0.4 is 20.7 Å². The summed E-state index contributed by atoms with van der Waals surface area (Å²) in [7, 11) is 0. The fourth-order valence-corrected chi connectivity index (χ4v) is 3.70. The molecular formula is C26H26BrN3O3S. The topological polar surface area (TPSA) is 79.5 Å². The number of hydrogen-bond donors (Lipinski definition) is 3. The second-order valence-corrected chi connectivity index (χ2v) is 8.92. The van der Waals surface area contributed by atoms with Crippen LogP contribution in [0.3, 0.4) is 0 Å². The summed E-state index contributed by atoms with van der Waals surface area (Å²) in [4.78, 5) is 25.3. The van der Waals surface area contributed by atoms with E-state index in [2.05, 4.69) is 38.8 Å². The van der Waals surface area contributed by atoms with Gasteiger partial charge in [0.2, 0.25) is 0 Å². The Labute approximate surface area is 213 Å². The lowest BCUT2D eigenvalue weighted by Crippen LogP contribution is -2.34. The summed E-state index contributed by atoms with van der Waals surface area (Å²) in [6.07, 6.45) is 1.90. The van der Waals surface area contributed by atoms with Crippen molar-refractivity contribution in [1.82, 2.24) is 5.32 Å². The van der Waals surface area contributed by atoms with Gasteiger partial charge in [-0.15, -0.1) is 0 Å². The number of carbonyl (C=O) groups excluding carboxylic acids is 2. The first-order valence-corrected chi connectivity index (χ1v) is 12.1. The van der Waals surface area contributed by atoms with E-state index in [0.29, 0.717) is 34.9 Å². The molecule has 176 valence electrons. The zero-order chi connectivity index (χ0) is 24.5. The Hall–Kier alpha value is -3.23. The van der Waals surface area contributed by atoms with Gasteiger partial charge in [-0.05, 0) is 79.7 Å². The van der Waals surface area contributed by atoms with Gasteiger partial charge in [-0.2, -0.15) is 0 Å². The fourth-order valence-electron chi connectivity index (χ4n) is 3.13. The number of thiocarbonyl (C=S) groups is 1. The molecule has 0 aliphatic carbocycles. The van der Waals surface area contributed by atoms with Gasteiger partial charge >= 0.3 is 0 Å². The van der Waals surface area contributed by atoms with E-state index in [1.54, 1.807) is 42.5 Å². The van der Waals surface area contributed by atoms with Crippen molar-refractivity contribution in [3.63, 3.8) is 0 Å². The first kappa shape index (κ1) is 25.4. The molecule has 3 aromatic carbocycles. The van der Waals surface area contributed by atoms with Crippen LogP contribution in [0.4, 0.5) is 11.4 Å². The van der Waals surface area contributed by atoms with Crippen molar-refractivity contribution in [2.75, 3.05) is 17.2 Å². The minimum Gasteiger partial charge on any atom is -0.493 e. The highest BCUT2D eigenvalue weighted by atomic mass is 79.9. The van der Waals surface area contributed by atoms with Crippen molar-refractivity contribution < 1.29 is 14.3 Å². The van der Waals surface area contributed by atoms with Crippen LogP contribution in [-0.2, 0) is 0 Å². The van der Waals surface area contributed by atoms with Crippen molar-refractivity contribution in [2.45, 2.75) is 26.7 Å². The third-order valence-corrected chi connectivity index (χ3v) is 5.66. The average molecular weight is 540 g/mol. The third kappa shape index (κ3) is 7.13. The molecule has 8 heteroatoms. The van der Waals surface area contributed by atoms with E-state index < -0.39 is 0 Å². The lowest BCUT2D eigenvalue weighted by molar-refractivity contribution is 0.0972. The number of nitrogens with one attached hydrogen (secondary N) is 3. The highest BCUT2D eigenvalue weighted by Gasteiger charge is 2.15. The van der Waals surface area contributed by atoms with Crippen molar-refractivity contribution in [1.29, 1.82) is 0 Å². The Morgan fingerprint density at radius 3 is 2.26 bits per heavy atom. The van der Waals surface area contributed by atoms with Crippen LogP contribution in [0.25, 0.3) is 0 Å².